The van der Waals surface area contributed by atoms with E-state index in [9.17, 15) is 9.59 Å². The Morgan fingerprint density at radius 1 is 1.13 bits per heavy atom. The van der Waals surface area contributed by atoms with Crippen LogP contribution >= 0.6 is 22.9 Å². The Bertz CT molecular complexity index is 1210. The minimum Gasteiger partial charge on any atom is -0.493 e. The molecular weight excluding hydrogens is 440 g/mol. The van der Waals surface area contributed by atoms with Gasteiger partial charge in [0.1, 0.15) is 6.54 Å². The first-order valence-electron chi connectivity index (χ1n) is 9.38. The molecule has 9 heteroatoms. The number of carbonyl (C=O) groups excluding carboxylic acids is 2. The van der Waals surface area contributed by atoms with Gasteiger partial charge in [0.15, 0.2) is 16.3 Å². The lowest BCUT2D eigenvalue weighted by Crippen LogP contribution is -2.22. The maximum absolute atomic E-state index is 12.5. The molecule has 0 spiro atoms. The number of nitrogens with zero attached hydrogens (tertiary/aromatic N) is 2. The monoisotopic (exact) mass is 460 g/mol. The summed E-state index contributed by atoms with van der Waals surface area (Å²) in [4.78, 5) is 29.1. The second kappa shape index (κ2) is 10.3. The summed E-state index contributed by atoms with van der Waals surface area (Å²) in [5, 5.41) is 0.559. The van der Waals surface area contributed by atoms with Crippen molar-refractivity contribution < 1.29 is 23.8 Å². The van der Waals surface area contributed by atoms with E-state index in [4.69, 9.17) is 25.8 Å². The summed E-state index contributed by atoms with van der Waals surface area (Å²) in [6.45, 7) is 1.95. The van der Waals surface area contributed by atoms with Crippen LogP contribution in [0.2, 0.25) is 5.02 Å². The van der Waals surface area contributed by atoms with Gasteiger partial charge in [-0.15, -0.1) is 0 Å². The summed E-state index contributed by atoms with van der Waals surface area (Å²) in [5.41, 5.74) is 1.50. The van der Waals surface area contributed by atoms with Gasteiger partial charge < -0.3 is 18.8 Å². The molecule has 0 unspecified atom stereocenters. The number of rotatable bonds is 7. The number of carbonyl (C=O) groups is 2. The largest absolute Gasteiger partial charge is 0.493 e. The van der Waals surface area contributed by atoms with Crippen molar-refractivity contribution >= 4 is 51.1 Å². The summed E-state index contributed by atoms with van der Waals surface area (Å²) in [7, 11) is 3.10. The number of hydrogen-bond acceptors (Lipinski definition) is 6. The molecule has 7 nitrogen and oxygen atoms in total. The minimum atomic E-state index is -0.468. The fourth-order valence-corrected chi connectivity index (χ4v) is 4.19. The average Bonchev–Trinajstić information content (AvgIpc) is 3.07. The van der Waals surface area contributed by atoms with Gasteiger partial charge in [0.25, 0.3) is 5.91 Å². The zero-order chi connectivity index (χ0) is 22.4. The number of ether oxygens (including phenoxy) is 3. The van der Waals surface area contributed by atoms with Crippen LogP contribution < -0.4 is 14.3 Å². The highest BCUT2D eigenvalue weighted by Crippen LogP contribution is 2.28. The lowest BCUT2D eigenvalue weighted by atomic mass is 10.2. The van der Waals surface area contributed by atoms with E-state index in [1.165, 1.54) is 17.4 Å². The fraction of sp³-hybridized carbons (Fsp3) is 0.227. The number of esters is 1. The second-order valence-electron chi connectivity index (χ2n) is 6.29. The third-order valence-corrected chi connectivity index (χ3v) is 5.55. The number of aromatic nitrogens is 1. The molecule has 0 radical (unpaired) electrons. The van der Waals surface area contributed by atoms with Crippen LogP contribution in [-0.4, -0.2) is 37.3 Å². The quantitative estimate of drug-likeness (QED) is 0.392. The molecule has 1 heterocycles. The lowest BCUT2D eigenvalue weighted by molar-refractivity contribution is -0.143. The fourth-order valence-electron chi connectivity index (χ4n) is 2.88. The topological polar surface area (TPSA) is 79.1 Å². The minimum absolute atomic E-state index is 0.0546. The van der Waals surface area contributed by atoms with Gasteiger partial charge in [-0.3, -0.25) is 9.59 Å². The molecule has 2 aromatic carbocycles. The Morgan fingerprint density at radius 3 is 2.61 bits per heavy atom. The molecule has 0 fully saturated rings. The molecule has 0 aliphatic rings. The van der Waals surface area contributed by atoms with E-state index in [1.807, 2.05) is 0 Å². The molecule has 0 saturated carbocycles. The van der Waals surface area contributed by atoms with Crippen molar-refractivity contribution in [3.63, 3.8) is 0 Å². The zero-order valence-electron chi connectivity index (χ0n) is 17.3. The van der Waals surface area contributed by atoms with Gasteiger partial charge in [-0.05, 0) is 48.9 Å². The van der Waals surface area contributed by atoms with E-state index >= 15 is 0 Å². The van der Waals surface area contributed by atoms with E-state index in [0.717, 1.165) is 15.8 Å². The van der Waals surface area contributed by atoms with Crippen molar-refractivity contribution in [3.05, 3.63) is 57.9 Å². The van der Waals surface area contributed by atoms with E-state index in [2.05, 4.69) is 4.99 Å². The summed E-state index contributed by atoms with van der Waals surface area (Å²) in [6, 6.07) is 10.6. The highest BCUT2D eigenvalue weighted by atomic mass is 35.5. The highest BCUT2D eigenvalue weighted by molar-refractivity contribution is 7.16. The number of fused-ring (bicyclic) bond motifs is 1. The third-order valence-electron chi connectivity index (χ3n) is 4.27. The molecule has 1 amide bonds. The van der Waals surface area contributed by atoms with Crippen molar-refractivity contribution in [2.24, 2.45) is 4.99 Å². The first-order chi connectivity index (χ1) is 14.9. The molecule has 3 aromatic rings. The molecule has 0 aliphatic heterocycles. The molecule has 1 aromatic heterocycles. The molecule has 0 saturated heterocycles. The van der Waals surface area contributed by atoms with Crippen LogP contribution in [0.5, 0.6) is 11.5 Å². The number of methoxy groups -OCH3 is 2. The first kappa shape index (κ1) is 22.6. The van der Waals surface area contributed by atoms with Crippen molar-refractivity contribution in [1.29, 1.82) is 0 Å². The van der Waals surface area contributed by atoms with E-state index in [0.29, 0.717) is 21.3 Å². The summed E-state index contributed by atoms with van der Waals surface area (Å²) in [5.74, 6) is 0.277. The van der Waals surface area contributed by atoms with Crippen LogP contribution in [0.15, 0.2) is 47.5 Å². The molecule has 0 atom stereocenters. The maximum Gasteiger partial charge on any atom is 0.326 e. The Hall–Kier alpha value is -3.10. The van der Waals surface area contributed by atoms with Crippen molar-refractivity contribution in [3.8, 4) is 11.5 Å². The van der Waals surface area contributed by atoms with Crippen LogP contribution in [0.3, 0.4) is 0 Å². The van der Waals surface area contributed by atoms with Gasteiger partial charge in [-0.2, -0.15) is 4.99 Å². The Balaban J connectivity index is 1.94. The Kier molecular flexibility index (Phi) is 7.49. The van der Waals surface area contributed by atoms with Crippen molar-refractivity contribution in [2.45, 2.75) is 13.5 Å². The Labute approximate surface area is 188 Å². The molecule has 0 N–H and O–H groups in total. The van der Waals surface area contributed by atoms with Crippen LogP contribution in [0, 0.1) is 0 Å². The summed E-state index contributed by atoms with van der Waals surface area (Å²) in [6.07, 6.45) is 2.99. The van der Waals surface area contributed by atoms with Crippen molar-refractivity contribution in [2.75, 3.05) is 20.8 Å². The number of thiazole rings is 1. The normalized spacial score (nSPS) is 11.8. The summed E-state index contributed by atoms with van der Waals surface area (Å²) < 4.78 is 18.0. The van der Waals surface area contributed by atoms with Gasteiger partial charge >= 0.3 is 5.97 Å². The summed E-state index contributed by atoms with van der Waals surface area (Å²) >= 11 is 7.36. The Morgan fingerprint density at radius 2 is 1.90 bits per heavy atom. The molecule has 0 aliphatic carbocycles. The molecule has 31 heavy (non-hydrogen) atoms. The standard InChI is InChI=1S/C22H21ClN2O5S/c1-4-30-21(27)13-25-16-8-7-15(23)12-19(16)31-22(25)24-20(26)10-6-14-5-9-17(28-2)18(11-14)29-3/h5-12H,4,13H2,1-3H3. The van der Waals surface area contributed by atoms with Gasteiger partial charge in [0, 0.05) is 11.1 Å². The van der Waals surface area contributed by atoms with Crippen LogP contribution in [-0.2, 0) is 20.9 Å². The first-order valence-corrected chi connectivity index (χ1v) is 10.6. The average molecular weight is 461 g/mol. The third kappa shape index (κ3) is 5.53. The maximum atomic E-state index is 12.5. The predicted molar refractivity (Wildman–Crippen MR) is 121 cm³/mol. The van der Waals surface area contributed by atoms with E-state index < -0.39 is 11.9 Å². The predicted octanol–water partition coefficient (Wildman–Crippen LogP) is 4.08. The van der Waals surface area contributed by atoms with Gasteiger partial charge in [-0.25, -0.2) is 0 Å². The second-order valence-corrected chi connectivity index (χ2v) is 7.73. The zero-order valence-corrected chi connectivity index (χ0v) is 18.8. The lowest BCUT2D eigenvalue weighted by Gasteiger charge is -2.07. The number of halogens is 1. The van der Waals surface area contributed by atoms with Crippen LogP contribution in [0.1, 0.15) is 12.5 Å². The van der Waals surface area contributed by atoms with Crippen molar-refractivity contribution in [1.82, 2.24) is 4.57 Å². The van der Waals surface area contributed by atoms with Gasteiger partial charge in [0.2, 0.25) is 0 Å². The van der Waals surface area contributed by atoms with Crippen LogP contribution in [0.4, 0.5) is 0 Å². The smallest absolute Gasteiger partial charge is 0.326 e. The SMILES string of the molecule is CCOC(=O)Cn1c(=NC(=O)C=Cc2ccc(OC)c(OC)c2)sc2cc(Cl)ccc21. The molecule has 162 valence electrons. The molecule has 0 bridgehead atoms. The molecule has 3 rings (SSSR count). The van der Waals surface area contributed by atoms with Gasteiger partial charge in [-0.1, -0.05) is 29.0 Å². The van der Waals surface area contributed by atoms with Crippen LogP contribution in [0.25, 0.3) is 16.3 Å². The molecular formula is C22H21ClN2O5S. The number of amides is 1. The van der Waals surface area contributed by atoms with E-state index in [1.54, 1.807) is 68.2 Å². The number of hydrogen-bond donors (Lipinski definition) is 0. The van der Waals surface area contributed by atoms with E-state index in [-0.39, 0.29) is 13.2 Å². The number of benzene rings is 2. The van der Waals surface area contributed by atoms with Gasteiger partial charge in [0.05, 0.1) is 31.0 Å². The highest BCUT2D eigenvalue weighted by Gasteiger charge is 2.12.